The number of hydrogen-bond acceptors (Lipinski definition) is 1. The molecule has 0 amide bonds. The predicted molar refractivity (Wildman–Crippen MR) is 37.1 cm³/mol. The van der Waals surface area contributed by atoms with Gasteiger partial charge in [0.15, 0.2) is 0 Å². The Morgan fingerprint density at radius 2 is 2.40 bits per heavy atom. The predicted octanol–water partition coefficient (Wildman–Crippen LogP) is 0.515. The van der Waals surface area contributed by atoms with Crippen LogP contribution in [0.25, 0.3) is 0 Å². The first-order chi connectivity index (χ1) is 4.73. The van der Waals surface area contributed by atoms with Crippen molar-refractivity contribution in [2.24, 2.45) is 0 Å². The molecule has 10 heavy (non-hydrogen) atoms. The third-order valence-corrected chi connectivity index (χ3v) is 2.57. The molecule has 2 atom stereocenters. The first-order valence-electron chi connectivity index (χ1n) is 3.74. The zero-order valence-corrected chi connectivity index (χ0v) is 6.39. The van der Waals surface area contributed by atoms with E-state index in [1.807, 2.05) is 7.05 Å². The molecule has 1 aliphatic rings. The molecule has 1 aliphatic heterocycles. The minimum atomic E-state index is -0.342. The molecular formula is C7H15FNO+. The summed E-state index contributed by atoms with van der Waals surface area (Å²) in [7, 11) is 1.87. The van der Waals surface area contributed by atoms with Crippen molar-refractivity contribution >= 4 is 0 Å². The maximum atomic E-state index is 12.4. The maximum Gasteiger partial charge on any atom is 0.222 e. The Bertz CT molecular complexity index is 120. The van der Waals surface area contributed by atoms with Crippen LogP contribution in [0.15, 0.2) is 0 Å². The summed E-state index contributed by atoms with van der Waals surface area (Å²) < 4.78 is 12.8. The second-order valence-corrected chi connectivity index (χ2v) is 3.30. The lowest BCUT2D eigenvalue weighted by molar-refractivity contribution is -0.933. The minimum absolute atomic E-state index is 0.125. The van der Waals surface area contributed by atoms with Crippen LogP contribution < -0.4 is 0 Å². The van der Waals surface area contributed by atoms with E-state index in [9.17, 15) is 4.39 Å². The van der Waals surface area contributed by atoms with E-state index in [4.69, 9.17) is 5.11 Å². The molecule has 60 valence electrons. The van der Waals surface area contributed by atoms with Gasteiger partial charge in [0.2, 0.25) is 6.80 Å². The second-order valence-electron chi connectivity index (χ2n) is 3.30. The van der Waals surface area contributed by atoms with Gasteiger partial charge in [-0.1, -0.05) is 0 Å². The van der Waals surface area contributed by atoms with Crippen LogP contribution in [0.5, 0.6) is 0 Å². The van der Waals surface area contributed by atoms with Gasteiger partial charge in [0.05, 0.1) is 20.2 Å². The zero-order chi connectivity index (χ0) is 7.61. The van der Waals surface area contributed by atoms with Crippen molar-refractivity contribution in [3.63, 3.8) is 0 Å². The topological polar surface area (TPSA) is 20.2 Å². The molecule has 0 aromatic heterocycles. The van der Waals surface area contributed by atoms with E-state index < -0.39 is 0 Å². The number of nitrogens with zero attached hydrogens (tertiary/aromatic N) is 1. The highest BCUT2D eigenvalue weighted by Crippen LogP contribution is 2.23. The van der Waals surface area contributed by atoms with E-state index in [2.05, 4.69) is 0 Å². The monoisotopic (exact) mass is 148 g/mol. The second kappa shape index (κ2) is 2.84. The van der Waals surface area contributed by atoms with Crippen LogP contribution in [0.1, 0.15) is 12.8 Å². The van der Waals surface area contributed by atoms with Gasteiger partial charge in [-0.25, -0.2) is 0 Å². The van der Waals surface area contributed by atoms with Crippen LogP contribution in [0.4, 0.5) is 4.39 Å². The normalized spacial score (nSPS) is 40.5. The van der Waals surface area contributed by atoms with E-state index in [0.29, 0.717) is 4.48 Å². The number of rotatable bonds is 2. The standard InChI is InChI=1S/C7H15FNO/c1-9(6-8)4-2-3-7(9)5-10/h7,10H,2-6H2,1H3/q+1/t7-,9?/m1/s1. The molecule has 1 unspecified atom stereocenters. The van der Waals surface area contributed by atoms with Gasteiger partial charge in [0.25, 0.3) is 0 Å². The molecular weight excluding hydrogens is 133 g/mol. The first kappa shape index (κ1) is 7.95. The van der Waals surface area contributed by atoms with Crippen molar-refractivity contribution in [2.75, 3.05) is 27.0 Å². The molecule has 1 rings (SSSR count). The molecule has 1 fully saturated rings. The lowest BCUT2D eigenvalue weighted by atomic mass is 10.2. The highest BCUT2D eigenvalue weighted by atomic mass is 19.1. The van der Waals surface area contributed by atoms with Crippen molar-refractivity contribution in [1.82, 2.24) is 0 Å². The van der Waals surface area contributed by atoms with E-state index in [-0.39, 0.29) is 19.4 Å². The van der Waals surface area contributed by atoms with E-state index in [1.165, 1.54) is 0 Å². The fourth-order valence-electron chi connectivity index (χ4n) is 1.63. The number of aliphatic hydroxyl groups is 1. The van der Waals surface area contributed by atoms with Gasteiger partial charge in [0, 0.05) is 12.8 Å². The van der Waals surface area contributed by atoms with Gasteiger partial charge < -0.3 is 5.11 Å². The van der Waals surface area contributed by atoms with Gasteiger partial charge in [-0.3, -0.25) is 4.48 Å². The van der Waals surface area contributed by atoms with E-state index in [0.717, 1.165) is 19.4 Å². The van der Waals surface area contributed by atoms with E-state index in [1.54, 1.807) is 0 Å². The molecule has 0 aromatic carbocycles. The third-order valence-electron chi connectivity index (χ3n) is 2.57. The average molecular weight is 148 g/mol. The fourth-order valence-corrected chi connectivity index (χ4v) is 1.63. The summed E-state index contributed by atoms with van der Waals surface area (Å²) in [4.78, 5) is 0. The Kier molecular flexibility index (Phi) is 2.26. The van der Waals surface area contributed by atoms with Crippen LogP contribution >= 0.6 is 0 Å². The number of aliphatic hydroxyl groups excluding tert-OH is 1. The highest BCUT2D eigenvalue weighted by Gasteiger charge is 2.36. The van der Waals surface area contributed by atoms with Crippen molar-refractivity contribution < 1.29 is 14.0 Å². The molecule has 1 heterocycles. The fraction of sp³-hybridized carbons (Fsp3) is 1.00. The number of hydrogen-bond donors (Lipinski definition) is 1. The summed E-state index contributed by atoms with van der Waals surface area (Å²) in [6.45, 7) is 0.660. The molecule has 0 aromatic rings. The lowest BCUT2D eigenvalue weighted by Gasteiger charge is -2.31. The Balaban J connectivity index is 2.56. The van der Waals surface area contributed by atoms with Crippen molar-refractivity contribution in [3.8, 4) is 0 Å². The van der Waals surface area contributed by atoms with Crippen molar-refractivity contribution in [2.45, 2.75) is 18.9 Å². The highest BCUT2D eigenvalue weighted by molar-refractivity contribution is 4.64. The summed E-state index contributed by atoms with van der Waals surface area (Å²) in [5.41, 5.74) is 0. The molecule has 1 N–H and O–H groups in total. The average Bonchev–Trinajstić information content (AvgIpc) is 2.32. The Labute approximate surface area is 60.9 Å². The van der Waals surface area contributed by atoms with Gasteiger partial charge in [0.1, 0.15) is 6.04 Å². The number of quaternary nitrogens is 1. The zero-order valence-electron chi connectivity index (χ0n) is 6.39. The minimum Gasteiger partial charge on any atom is -0.390 e. The van der Waals surface area contributed by atoms with E-state index >= 15 is 0 Å². The third kappa shape index (κ3) is 1.16. The van der Waals surface area contributed by atoms with Gasteiger partial charge >= 0.3 is 0 Å². The van der Waals surface area contributed by atoms with Crippen LogP contribution in [0.2, 0.25) is 0 Å². The molecule has 0 bridgehead atoms. The van der Waals surface area contributed by atoms with Crippen LogP contribution in [-0.4, -0.2) is 42.6 Å². The van der Waals surface area contributed by atoms with Crippen molar-refractivity contribution in [3.05, 3.63) is 0 Å². The molecule has 0 aliphatic carbocycles. The lowest BCUT2D eigenvalue weighted by Crippen LogP contribution is -2.48. The van der Waals surface area contributed by atoms with Crippen LogP contribution in [0.3, 0.4) is 0 Å². The summed E-state index contributed by atoms with van der Waals surface area (Å²) in [6, 6.07) is 0.144. The first-order valence-corrected chi connectivity index (χ1v) is 3.74. The summed E-state index contributed by atoms with van der Waals surface area (Å²) in [5.74, 6) is 0. The van der Waals surface area contributed by atoms with Crippen LogP contribution in [0, 0.1) is 0 Å². The van der Waals surface area contributed by atoms with Gasteiger partial charge in [-0.05, 0) is 0 Å². The molecule has 3 heteroatoms. The maximum absolute atomic E-state index is 12.4. The largest absolute Gasteiger partial charge is 0.390 e. The SMILES string of the molecule is C[N+]1(CF)CCC[C@@H]1CO. The van der Waals surface area contributed by atoms with Crippen LogP contribution in [-0.2, 0) is 0 Å². The van der Waals surface area contributed by atoms with Gasteiger partial charge in [-0.15, -0.1) is 0 Å². The Morgan fingerprint density at radius 3 is 2.80 bits per heavy atom. The molecule has 1 saturated heterocycles. The molecule has 2 nitrogen and oxygen atoms in total. The molecule has 0 radical (unpaired) electrons. The number of halogens is 1. The smallest absolute Gasteiger partial charge is 0.222 e. The number of likely N-dealkylation sites (N-methyl/N-ethyl adjacent to an activating group) is 1. The number of likely N-dealkylation sites (tertiary alicyclic amines) is 1. The Hall–Kier alpha value is -0.150. The summed E-state index contributed by atoms with van der Waals surface area (Å²) >= 11 is 0. The molecule has 0 saturated carbocycles. The summed E-state index contributed by atoms with van der Waals surface area (Å²) in [5, 5.41) is 8.85. The molecule has 0 spiro atoms. The quantitative estimate of drug-likeness (QED) is 0.447. The van der Waals surface area contributed by atoms with Gasteiger partial charge in [-0.2, -0.15) is 4.39 Å². The summed E-state index contributed by atoms with van der Waals surface area (Å²) in [6.07, 6.45) is 2.02. The number of alkyl halides is 1. The van der Waals surface area contributed by atoms with Crippen molar-refractivity contribution in [1.29, 1.82) is 0 Å². The Morgan fingerprint density at radius 1 is 1.70 bits per heavy atom.